The average Bonchev–Trinajstić information content (AvgIpc) is 3.39. The van der Waals surface area contributed by atoms with Gasteiger partial charge in [0.15, 0.2) is 0 Å². The molecule has 13 nitrogen and oxygen atoms in total. The molecule has 0 unspecified atom stereocenters. The number of hydrogen-bond donors (Lipinski definition) is 2. The summed E-state index contributed by atoms with van der Waals surface area (Å²) in [4.78, 5) is 58.9. The fourth-order valence-corrected chi connectivity index (χ4v) is 10.1. The maximum atomic E-state index is 14.5. The van der Waals surface area contributed by atoms with Gasteiger partial charge in [-0.15, -0.1) is 6.58 Å². The average molecular weight is 745 g/mol. The summed E-state index contributed by atoms with van der Waals surface area (Å²) in [6.45, 7) is 17.9. The molecule has 1 aromatic rings. The minimum atomic E-state index is -3.87. The molecule has 1 aromatic carbocycles. The Hall–Kier alpha value is -3.41. The molecule has 1 saturated heterocycles. The molecule has 0 radical (unpaired) electrons. The Bertz CT molecular complexity index is 1580. The lowest BCUT2D eigenvalue weighted by atomic mass is 9.85. The standard InChI is InChI=1S/C38H57N4O9P/c1-9-27-20-38(27,52(47,49-10-2)50-11-3)40-32(43)30-19-28-22-42(30)33(44)31(36(4,5)6)39-34(45)48-24-37(7,8)18-13-12-15-25-16-14-17-26-21-41(23-29(25)26)35(46)51-28/h9,14,16-17,27-28,30-31H,1,10-13,15,18-24H2,2-8H3,(H,39,45)(H,40,43)/t27-,28-,30+,31-,38+/m1/s1. The van der Waals surface area contributed by atoms with Crippen LogP contribution in [0.25, 0.3) is 0 Å². The van der Waals surface area contributed by atoms with E-state index in [1.54, 1.807) is 24.8 Å². The van der Waals surface area contributed by atoms with Crippen molar-refractivity contribution in [3.8, 4) is 0 Å². The first kappa shape index (κ1) is 39.8. The number of carbonyl (C=O) groups is 4. The van der Waals surface area contributed by atoms with E-state index in [0.717, 1.165) is 36.8 Å². The van der Waals surface area contributed by atoms with E-state index in [2.05, 4.69) is 37.1 Å². The highest BCUT2D eigenvalue weighted by Crippen LogP contribution is 2.72. The van der Waals surface area contributed by atoms with Crippen molar-refractivity contribution in [3.63, 3.8) is 0 Å². The van der Waals surface area contributed by atoms with E-state index in [-0.39, 0.29) is 50.5 Å². The minimum absolute atomic E-state index is 0.00669. The summed E-state index contributed by atoms with van der Waals surface area (Å²) in [6, 6.07) is 3.95. The lowest BCUT2D eigenvalue weighted by Gasteiger charge is -2.36. The molecule has 0 spiro atoms. The number of nitrogens with zero attached hydrogens (tertiary/aromatic N) is 2. The van der Waals surface area contributed by atoms with Crippen LogP contribution in [0.1, 0.15) is 97.3 Å². The first-order valence-electron chi connectivity index (χ1n) is 18.6. The topological polar surface area (TPSA) is 153 Å². The molecule has 1 saturated carbocycles. The third kappa shape index (κ3) is 8.37. The largest absolute Gasteiger partial charge is 0.449 e. The van der Waals surface area contributed by atoms with Crippen LogP contribution in [0.4, 0.5) is 9.59 Å². The second kappa shape index (κ2) is 15.5. The number of benzene rings is 1. The number of rotatable bonds is 8. The maximum Gasteiger partial charge on any atom is 0.410 e. The van der Waals surface area contributed by atoms with Gasteiger partial charge in [-0.2, -0.15) is 0 Å². The van der Waals surface area contributed by atoms with E-state index in [9.17, 15) is 23.7 Å². The van der Waals surface area contributed by atoms with Crippen molar-refractivity contribution in [2.45, 2.75) is 124 Å². The molecule has 3 heterocycles. The number of nitrogens with one attached hydrogen (secondary N) is 2. The number of amides is 4. The van der Waals surface area contributed by atoms with Gasteiger partial charge < -0.3 is 34.1 Å². The maximum absolute atomic E-state index is 14.5. The Labute approximate surface area is 308 Å². The third-order valence-electron chi connectivity index (χ3n) is 10.7. The number of cyclic esters (lactones) is 1. The highest BCUT2D eigenvalue weighted by molar-refractivity contribution is 7.56. The summed E-state index contributed by atoms with van der Waals surface area (Å²) in [6.07, 6.45) is 3.35. The van der Waals surface area contributed by atoms with Crippen LogP contribution >= 0.6 is 7.60 Å². The zero-order valence-electron chi connectivity index (χ0n) is 31.8. The first-order valence-corrected chi connectivity index (χ1v) is 20.1. The lowest BCUT2D eigenvalue weighted by molar-refractivity contribution is -0.142. The summed E-state index contributed by atoms with van der Waals surface area (Å²) in [5, 5.41) is 4.37. The number of alkyl carbamates (subject to hydrolysis) is 1. The molecule has 3 aliphatic heterocycles. The fourth-order valence-electron chi connectivity index (χ4n) is 7.66. The second-order valence-electron chi connectivity index (χ2n) is 16.3. The molecule has 1 aliphatic carbocycles. The van der Waals surface area contributed by atoms with Gasteiger partial charge in [-0.1, -0.05) is 65.3 Å². The summed E-state index contributed by atoms with van der Waals surface area (Å²) in [5.41, 5.74) is 2.31. The Morgan fingerprint density at radius 2 is 1.81 bits per heavy atom. The first-order chi connectivity index (χ1) is 24.5. The molecule has 0 aromatic heterocycles. The Balaban J connectivity index is 1.47. The Morgan fingerprint density at radius 3 is 2.44 bits per heavy atom. The smallest absolute Gasteiger partial charge is 0.410 e. The van der Waals surface area contributed by atoms with Crippen LogP contribution in [0, 0.1) is 16.7 Å². The number of ether oxygens (including phenoxy) is 2. The number of aryl methyl sites for hydroxylation is 1. The molecule has 14 heteroatoms. The van der Waals surface area contributed by atoms with Crippen LogP contribution in [0.15, 0.2) is 30.9 Å². The predicted octanol–water partition coefficient (Wildman–Crippen LogP) is 6.29. The van der Waals surface area contributed by atoms with Crippen LogP contribution in [0.2, 0.25) is 0 Å². The number of hydrogen-bond acceptors (Lipinski definition) is 9. The summed E-state index contributed by atoms with van der Waals surface area (Å²) >= 11 is 0. The lowest BCUT2D eigenvalue weighted by Crippen LogP contribution is -2.58. The third-order valence-corrected chi connectivity index (χ3v) is 13.5. The van der Waals surface area contributed by atoms with E-state index in [0.29, 0.717) is 13.1 Å². The highest BCUT2D eigenvalue weighted by atomic mass is 31.2. The molecule has 4 bridgehead atoms. The van der Waals surface area contributed by atoms with Gasteiger partial charge in [0.2, 0.25) is 11.8 Å². The molecule has 2 N–H and O–H groups in total. The van der Waals surface area contributed by atoms with Crippen molar-refractivity contribution in [3.05, 3.63) is 47.5 Å². The van der Waals surface area contributed by atoms with Crippen molar-refractivity contribution >= 4 is 31.6 Å². The molecule has 2 fully saturated rings. The van der Waals surface area contributed by atoms with Crippen LogP contribution in [-0.2, 0) is 52.2 Å². The number of fused-ring (bicyclic) bond motifs is 3. The summed E-state index contributed by atoms with van der Waals surface area (Å²) < 4.78 is 37.2. The van der Waals surface area contributed by atoms with Crippen molar-refractivity contribution in [1.82, 2.24) is 20.4 Å². The molecule has 5 rings (SSSR count). The summed E-state index contributed by atoms with van der Waals surface area (Å²) in [5.74, 6) is -1.51. The monoisotopic (exact) mass is 744 g/mol. The quantitative estimate of drug-likeness (QED) is 0.231. The highest BCUT2D eigenvalue weighted by Gasteiger charge is 2.68. The molecule has 4 amide bonds. The predicted molar refractivity (Wildman–Crippen MR) is 195 cm³/mol. The van der Waals surface area contributed by atoms with E-state index < -0.39 is 60.5 Å². The molecular weight excluding hydrogens is 687 g/mol. The van der Waals surface area contributed by atoms with Gasteiger partial charge in [0, 0.05) is 25.4 Å². The van der Waals surface area contributed by atoms with Gasteiger partial charge in [-0.05, 0) is 67.1 Å². The van der Waals surface area contributed by atoms with Crippen molar-refractivity contribution < 1.29 is 42.3 Å². The van der Waals surface area contributed by atoms with E-state index >= 15 is 0 Å². The van der Waals surface area contributed by atoms with Gasteiger partial charge in [0.25, 0.3) is 0 Å². The fraction of sp³-hybridized carbons (Fsp3) is 0.684. The minimum Gasteiger partial charge on any atom is -0.449 e. The van der Waals surface area contributed by atoms with Crippen LogP contribution in [-0.4, -0.2) is 83.6 Å². The number of carbonyl (C=O) groups excluding carboxylic acids is 4. The molecular formula is C38H57N4O9P. The zero-order valence-corrected chi connectivity index (χ0v) is 32.7. The van der Waals surface area contributed by atoms with E-state index in [4.69, 9.17) is 18.5 Å². The van der Waals surface area contributed by atoms with Crippen molar-refractivity contribution in [1.29, 1.82) is 0 Å². The van der Waals surface area contributed by atoms with Gasteiger partial charge in [-0.3, -0.25) is 19.1 Å². The molecule has 52 heavy (non-hydrogen) atoms. The van der Waals surface area contributed by atoms with Crippen LogP contribution in [0.5, 0.6) is 0 Å². The molecule has 288 valence electrons. The second-order valence-corrected chi connectivity index (χ2v) is 18.7. The Kier molecular flexibility index (Phi) is 11.9. The van der Waals surface area contributed by atoms with Crippen molar-refractivity contribution in [2.24, 2.45) is 16.7 Å². The normalized spacial score (nSPS) is 28.4. The van der Waals surface area contributed by atoms with Gasteiger partial charge in [0.1, 0.15) is 23.5 Å². The zero-order chi connectivity index (χ0) is 38.1. The van der Waals surface area contributed by atoms with Crippen LogP contribution in [0.3, 0.4) is 0 Å². The van der Waals surface area contributed by atoms with E-state index in [1.165, 1.54) is 10.5 Å². The van der Waals surface area contributed by atoms with Gasteiger partial charge in [0.05, 0.1) is 26.4 Å². The van der Waals surface area contributed by atoms with Gasteiger partial charge >= 0.3 is 19.8 Å². The van der Waals surface area contributed by atoms with Crippen molar-refractivity contribution in [2.75, 3.05) is 26.4 Å². The SMILES string of the molecule is C=C[C@@H]1C[C@]1(NC(=O)[C@@H]1C[C@@H]2CN1C(=O)[C@H](C(C)(C)C)NC(=O)OCC(C)(C)CCCCc1cccc3c1CN(C3)C(=O)O2)P(=O)(OCC)OCC. The Morgan fingerprint density at radius 1 is 1.12 bits per heavy atom. The van der Waals surface area contributed by atoms with E-state index in [1.807, 2.05) is 32.9 Å². The van der Waals surface area contributed by atoms with Crippen LogP contribution < -0.4 is 10.6 Å². The van der Waals surface area contributed by atoms with Gasteiger partial charge in [-0.25, -0.2) is 9.59 Å². The summed E-state index contributed by atoms with van der Waals surface area (Å²) in [7, 11) is -3.87. The molecule has 5 atom stereocenters. The molecule has 4 aliphatic rings.